The van der Waals surface area contributed by atoms with Crippen molar-refractivity contribution in [2.24, 2.45) is 11.8 Å². The SMILES string of the molecule is C[C@H](CCC=O)[C@H](O[Si](C)(C)C(C)(C)C)[C@H](C)COCc1ccccc1. The Bertz CT molecular complexity index is 522. The molecule has 3 nitrogen and oxygen atoms in total. The van der Waals surface area contributed by atoms with Crippen molar-refractivity contribution in [2.75, 3.05) is 6.61 Å². The third-order valence-electron chi connectivity index (χ3n) is 5.59. The molecule has 0 aliphatic rings. The smallest absolute Gasteiger partial charge is 0.192 e. The molecule has 1 rings (SSSR count). The van der Waals surface area contributed by atoms with Crippen LogP contribution in [0, 0.1) is 11.8 Å². The van der Waals surface area contributed by atoms with Gasteiger partial charge in [-0.3, -0.25) is 0 Å². The first-order chi connectivity index (χ1) is 12.1. The minimum Gasteiger partial charge on any atom is -0.413 e. The minimum absolute atomic E-state index is 0.117. The number of ether oxygens (including phenoxy) is 1. The van der Waals surface area contributed by atoms with Crippen LogP contribution in [0.1, 0.15) is 53.0 Å². The van der Waals surface area contributed by atoms with Crippen LogP contribution in [0.25, 0.3) is 0 Å². The molecule has 0 fully saturated rings. The molecule has 0 aliphatic heterocycles. The van der Waals surface area contributed by atoms with Crippen LogP contribution in [0.5, 0.6) is 0 Å². The fraction of sp³-hybridized carbons (Fsp3) is 0.682. The summed E-state index contributed by atoms with van der Waals surface area (Å²) in [7, 11) is -1.88. The van der Waals surface area contributed by atoms with Gasteiger partial charge in [0.25, 0.3) is 0 Å². The van der Waals surface area contributed by atoms with E-state index in [4.69, 9.17) is 9.16 Å². The molecule has 0 spiro atoms. The van der Waals surface area contributed by atoms with Crippen molar-refractivity contribution in [2.45, 2.75) is 78.3 Å². The van der Waals surface area contributed by atoms with Crippen molar-refractivity contribution in [3.63, 3.8) is 0 Å². The third-order valence-corrected chi connectivity index (χ3v) is 10.1. The van der Waals surface area contributed by atoms with Gasteiger partial charge in [-0.2, -0.15) is 0 Å². The average molecular weight is 379 g/mol. The van der Waals surface area contributed by atoms with Crippen molar-refractivity contribution < 1.29 is 14.0 Å². The van der Waals surface area contributed by atoms with Gasteiger partial charge < -0.3 is 14.0 Å². The largest absolute Gasteiger partial charge is 0.413 e. The predicted octanol–water partition coefficient (Wildman–Crippen LogP) is 5.84. The molecule has 4 heteroatoms. The van der Waals surface area contributed by atoms with Gasteiger partial charge >= 0.3 is 0 Å². The molecule has 1 aromatic rings. The van der Waals surface area contributed by atoms with Crippen LogP contribution in [0.3, 0.4) is 0 Å². The highest BCUT2D eigenvalue weighted by Crippen LogP contribution is 2.39. The van der Waals surface area contributed by atoms with E-state index in [2.05, 4.69) is 59.8 Å². The van der Waals surface area contributed by atoms with Gasteiger partial charge in [0, 0.05) is 12.3 Å². The van der Waals surface area contributed by atoms with E-state index in [-0.39, 0.29) is 17.1 Å². The van der Waals surface area contributed by atoms with Crippen LogP contribution in [0.2, 0.25) is 18.1 Å². The second-order valence-corrected chi connectivity index (χ2v) is 13.8. The summed E-state index contributed by atoms with van der Waals surface area (Å²) in [6, 6.07) is 10.3. The van der Waals surface area contributed by atoms with Gasteiger partial charge in [0.1, 0.15) is 6.29 Å². The maximum atomic E-state index is 10.8. The monoisotopic (exact) mass is 378 g/mol. The number of aldehydes is 1. The molecule has 0 saturated carbocycles. The first-order valence-electron chi connectivity index (χ1n) is 9.81. The van der Waals surface area contributed by atoms with Crippen molar-refractivity contribution in [3.8, 4) is 0 Å². The van der Waals surface area contributed by atoms with Crippen molar-refractivity contribution in [3.05, 3.63) is 35.9 Å². The summed E-state index contributed by atoms with van der Waals surface area (Å²) in [5, 5.41) is 0.167. The third kappa shape index (κ3) is 7.34. The number of rotatable bonds is 11. The summed E-state index contributed by atoms with van der Waals surface area (Å²) >= 11 is 0. The summed E-state index contributed by atoms with van der Waals surface area (Å²) in [6.45, 7) is 17.1. The Hall–Kier alpha value is -0.973. The molecular weight excluding hydrogens is 340 g/mol. The molecule has 0 unspecified atom stereocenters. The fourth-order valence-electron chi connectivity index (χ4n) is 2.84. The number of hydrogen-bond acceptors (Lipinski definition) is 3. The number of benzene rings is 1. The predicted molar refractivity (Wildman–Crippen MR) is 112 cm³/mol. The molecule has 0 heterocycles. The zero-order chi connectivity index (χ0) is 19.8. The number of carbonyl (C=O) groups excluding carboxylic acids is 1. The van der Waals surface area contributed by atoms with Gasteiger partial charge in [-0.05, 0) is 36.0 Å². The lowest BCUT2D eigenvalue weighted by Gasteiger charge is -2.43. The van der Waals surface area contributed by atoms with Crippen LogP contribution < -0.4 is 0 Å². The standard InChI is InChI=1S/C22H38O3Si/c1-18(12-11-15-23)21(25-26(6,7)22(3,4)5)19(2)16-24-17-20-13-9-8-10-14-20/h8-10,13-15,18-19,21H,11-12,16-17H2,1-7H3/t18-,19-,21+/m1/s1. The maximum absolute atomic E-state index is 10.8. The van der Waals surface area contributed by atoms with Crippen molar-refractivity contribution in [1.29, 1.82) is 0 Å². The van der Waals surface area contributed by atoms with Crippen LogP contribution >= 0.6 is 0 Å². The minimum atomic E-state index is -1.88. The van der Waals surface area contributed by atoms with Gasteiger partial charge in [-0.15, -0.1) is 0 Å². The second kappa shape index (κ2) is 10.4. The highest BCUT2D eigenvalue weighted by atomic mass is 28.4. The lowest BCUT2D eigenvalue weighted by Crippen LogP contribution is -2.48. The Morgan fingerprint density at radius 2 is 1.69 bits per heavy atom. The van der Waals surface area contributed by atoms with E-state index < -0.39 is 8.32 Å². The molecule has 0 amide bonds. The molecule has 0 aliphatic carbocycles. The fourth-order valence-corrected chi connectivity index (χ4v) is 4.34. The van der Waals surface area contributed by atoms with Crippen LogP contribution in [-0.2, 0) is 20.6 Å². The average Bonchev–Trinajstić information content (AvgIpc) is 2.57. The quantitative estimate of drug-likeness (QED) is 0.358. The topological polar surface area (TPSA) is 35.5 Å². The first-order valence-corrected chi connectivity index (χ1v) is 12.7. The Labute approximate surface area is 161 Å². The molecule has 0 radical (unpaired) electrons. The van der Waals surface area contributed by atoms with E-state index in [9.17, 15) is 4.79 Å². The van der Waals surface area contributed by atoms with Crippen LogP contribution in [0.4, 0.5) is 0 Å². The van der Waals surface area contributed by atoms with Gasteiger partial charge in [-0.1, -0.05) is 65.0 Å². The zero-order valence-corrected chi connectivity index (χ0v) is 18.7. The maximum Gasteiger partial charge on any atom is 0.192 e. The van der Waals surface area contributed by atoms with Crippen LogP contribution in [-0.4, -0.2) is 27.3 Å². The van der Waals surface area contributed by atoms with E-state index >= 15 is 0 Å². The van der Waals surface area contributed by atoms with Gasteiger partial charge in [0.05, 0.1) is 19.3 Å². The molecule has 0 saturated heterocycles. The van der Waals surface area contributed by atoms with Gasteiger partial charge in [0.2, 0.25) is 0 Å². The second-order valence-electron chi connectivity index (χ2n) is 9.04. The summed E-state index contributed by atoms with van der Waals surface area (Å²) in [5.74, 6) is 0.624. The Kier molecular flexibility index (Phi) is 9.21. The molecule has 0 N–H and O–H groups in total. The highest BCUT2D eigenvalue weighted by molar-refractivity contribution is 6.74. The van der Waals surface area contributed by atoms with E-state index in [1.807, 2.05) is 18.2 Å². The Morgan fingerprint density at radius 3 is 2.23 bits per heavy atom. The molecule has 148 valence electrons. The van der Waals surface area contributed by atoms with Crippen molar-refractivity contribution in [1.82, 2.24) is 0 Å². The Balaban J connectivity index is 2.74. The normalized spacial score (nSPS) is 16.1. The lowest BCUT2D eigenvalue weighted by atomic mass is 9.91. The Morgan fingerprint density at radius 1 is 1.08 bits per heavy atom. The molecular formula is C22H38O3Si. The molecule has 0 aromatic heterocycles. The van der Waals surface area contributed by atoms with Gasteiger partial charge in [-0.25, -0.2) is 0 Å². The number of hydrogen-bond donors (Lipinski definition) is 0. The summed E-state index contributed by atoms with van der Waals surface area (Å²) < 4.78 is 12.8. The van der Waals surface area contributed by atoms with E-state index in [0.29, 0.717) is 25.6 Å². The molecule has 3 atom stereocenters. The summed E-state index contributed by atoms with van der Waals surface area (Å²) in [4.78, 5) is 10.8. The summed E-state index contributed by atoms with van der Waals surface area (Å²) in [5.41, 5.74) is 1.19. The highest BCUT2D eigenvalue weighted by Gasteiger charge is 2.41. The lowest BCUT2D eigenvalue weighted by molar-refractivity contribution is -0.108. The van der Waals surface area contributed by atoms with E-state index in [1.165, 1.54) is 5.56 Å². The van der Waals surface area contributed by atoms with Gasteiger partial charge in [0.15, 0.2) is 8.32 Å². The summed E-state index contributed by atoms with van der Waals surface area (Å²) in [6.07, 6.45) is 2.59. The number of carbonyl (C=O) groups is 1. The zero-order valence-electron chi connectivity index (χ0n) is 17.7. The van der Waals surface area contributed by atoms with Crippen LogP contribution in [0.15, 0.2) is 30.3 Å². The van der Waals surface area contributed by atoms with E-state index in [1.54, 1.807) is 0 Å². The molecule has 0 bridgehead atoms. The van der Waals surface area contributed by atoms with Crippen molar-refractivity contribution >= 4 is 14.6 Å². The van der Waals surface area contributed by atoms with E-state index in [0.717, 1.165) is 12.7 Å². The molecule has 1 aromatic carbocycles. The molecule has 26 heavy (non-hydrogen) atoms. The first kappa shape index (κ1) is 23.1.